The number of likely N-dealkylation sites (tertiary alicyclic amines) is 1. The maximum Gasteiger partial charge on any atom is 0.316 e. The molecule has 1 heterocycles. The monoisotopic (exact) mass is 671 g/mol. The summed E-state index contributed by atoms with van der Waals surface area (Å²) in [7, 11) is 0. The zero-order valence-electron chi connectivity index (χ0n) is 29.3. The number of amides is 5. The number of hydrogen-bond acceptors (Lipinski definition) is 7. The maximum atomic E-state index is 14.4. The minimum atomic E-state index is -1.11. The SMILES string of the molecule is CSc1ccc(C(=O)[C@@H](NC(=O)N[C@H](C(=O)N2CC[C@H](C(C)(C)C)[C@H]2C(=O)NC(CC2CC2)C(=O)C(N)=O)C(C)(C)C)C(C)C)cc1. The van der Waals surface area contributed by atoms with Crippen molar-refractivity contribution in [2.24, 2.45) is 34.3 Å². The van der Waals surface area contributed by atoms with Crippen LogP contribution < -0.4 is 21.7 Å². The van der Waals surface area contributed by atoms with E-state index < -0.39 is 59.1 Å². The molecule has 1 saturated heterocycles. The van der Waals surface area contributed by atoms with Gasteiger partial charge in [0.25, 0.3) is 5.91 Å². The fourth-order valence-electron chi connectivity index (χ4n) is 6.22. The first kappa shape index (κ1) is 38.0. The lowest BCUT2D eigenvalue weighted by Gasteiger charge is -2.39. The number of hydrogen-bond donors (Lipinski definition) is 4. The van der Waals surface area contributed by atoms with E-state index in [1.165, 1.54) is 4.90 Å². The lowest BCUT2D eigenvalue weighted by atomic mass is 9.75. The Balaban J connectivity index is 1.85. The van der Waals surface area contributed by atoms with E-state index in [2.05, 4.69) is 16.0 Å². The molecule has 0 bridgehead atoms. The Morgan fingerprint density at radius 3 is 1.98 bits per heavy atom. The van der Waals surface area contributed by atoms with Crippen LogP contribution in [0.2, 0.25) is 0 Å². The van der Waals surface area contributed by atoms with Gasteiger partial charge in [0.2, 0.25) is 17.6 Å². The molecule has 1 aromatic carbocycles. The molecule has 1 aliphatic carbocycles. The molecule has 260 valence electrons. The van der Waals surface area contributed by atoms with Gasteiger partial charge in [-0.1, -0.05) is 80.4 Å². The topological polar surface area (TPSA) is 168 Å². The molecule has 1 aliphatic heterocycles. The fraction of sp³-hybridized carbons (Fsp3) is 0.657. The molecule has 5 atom stereocenters. The number of urea groups is 1. The number of ketones is 2. The summed E-state index contributed by atoms with van der Waals surface area (Å²) in [6.07, 6.45) is 4.62. The summed E-state index contributed by atoms with van der Waals surface area (Å²) in [6.45, 7) is 15.4. The fourth-order valence-corrected chi connectivity index (χ4v) is 6.62. The minimum absolute atomic E-state index is 0.229. The molecule has 1 aromatic rings. The highest BCUT2D eigenvalue weighted by Crippen LogP contribution is 2.40. The summed E-state index contributed by atoms with van der Waals surface area (Å²) in [5, 5.41) is 8.39. The second kappa shape index (κ2) is 15.2. The second-order valence-corrected chi connectivity index (χ2v) is 16.3. The highest BCUT2D eigenvalue weighted by atomic mass is 32.2. The van der Waals surface area contributed by atoms with E-state index in [4.69, 9.17) is 5.73 Å². The molecular weight excluding hydrogens is 618 g/mol. The van der Waals surface area contributed by atoms with E-state index in [1.54, 1.807) is 23.9 Å². The first-order valence-electron chi connectivity index (χ1n) is 16.5. The van der Waals surface area contributed by atoms with Gasteiger partial charge in [-0.05, 0) is 59.8 Å². The molecule has 12 heteroatoms. The van der Waals surface area contributed by atoms with Crippen molar-refractivity contribution in [1.82, 2.24) is 20.9 Å². The van der Waals surface area contributed by atoms with Crippen molar-refractivity contribution in [3.8, 4) is 0 Å². The van der Waals surface area contributed by atoms with Crippen LogP contribution in [-0.4, -0.2) is 77.2 Å². The molecule has 1 unspecified atom stereocenters. The third kappa shape index (κ3) is 9.81. The quantitative estimate of drug-likeness (QED) is 0.140. The van der Waals surface area contributed by atoms with E-state index in [0.29, 0.717) is 18.4 Å². The number of nitrogens with zero attached hydrogens (tertiary/aromatic N) is 1. The van der Waals surface area contributed by atoms with Crippen LogP contribution in [0.15, 0.2) is 29.2 Å². The molecule has 2 aliphatic rings. The number of carbonyl (C=O) groups is 6. The number of Topliss-reactive ketones (excluding diaryl/α,β-unsaturated/α-hetero) is 2. The highest BCUT2D eigenvalue weighted by molar-refractivity contribution is 7.98. The van der Waals surface area contributed by atoms with E-state index in [-0.39, 0.29) is 35.5 Å². The average Bonchev–Trinajstić information content (AvgIpc) is 3.68. The van der Waals surface area contributed by atoms with E-state index in [0.717, 1.165) is 17.7 Å². The van der Waals surface area contributed by atoms with Crippen molar-refractivity contribution in [2.75, 3.05) is 12.8 Å². The Kier molecular flexibility index (Phi) is 12.3. The van der Waals surface area contributed by atoms with E-state index >= 15 is 0 Å². The van der Waals surface area contributed by atoms with Crippen LogP contribution in [0.5, 0.6) is 0 Å². The number of benzene rings is 1. The van der Waals surface area contributed by atoms with Crippen molar-refractivity contribution < 1.29 is 28.8 Å². The zero-order chi connectivity index (χ0) is 35.4. The van der Waals surface area contributed by atoms with E-state index in [9.17, 15) is 28.8 Å². The van der Waals surface area contributed by atoms with Gasteiger partial charge >= 0.3 is 6.03 Å². The van der Waals surface area contributed by atoms with Crippen molar-refractivity contribution in [3.63, 3.8) is 0 Å². The Morgan fingerprint density at radius 2 is 1.51 bits per heavy atom. The highest BCUT2D eigenvalue weighted by Gasteiger charge is 2.50. The van der Waals surface area contributed by atoms with Crippen LogP contribution in [0.1, 0.15) is 91.4 Å². The Labute approximate surface area is 283 Å². The molecule has 2 fully saturated rings. The van der Waals surface area contributed by atoms with Crippen LogP contribution in [0.25, 0.3) is 0 Å². The molecule has 0 spiro atoms. The molecule has 11 nitrogen and oxygen atoms in total. The number of thioether (sulfide) groups is 1. The van der Waals surface area contributed by atoms with Gasteiger partial charge < -0.3 is 26.6 Å². The molecular formula is C35H53N5O6S. The number of nitrogens with two attached hydrogens (primary N) is 1. The van der Waals surface area contributed by atoms with Gasteiger partial charge in [0.1, 0.15) is 12.1 Å². The van der Waals surface area contributed by atoms with Gasteiger partial charge in [0.05, 0.1) is 12.1 Å². The summed E-state index contributed by atoms with van der Waals surface area (Å²) in [5.74, 6) is -3.43. The first-order valence-corrected chi connectivity index (χ1v) is 17.7. The number of primary amides is 1. The first-order chi connectivity index (χ1) is 21.8. The van der Waals surface area contributed by atoms with Crippen molar-refractivity contribution >= 4 is 47.1 Å². The Morgan fingerprint density at radius 1 is 0.915 bits per heavy atom. The van der Waals surface area contributed by atoms with Crippen molar-refractivity contribution in [2.45, 2.75) is 110 Å². The molecule has 0 radical (unpaired) electrons. The number of rotatable bonds is 13. The summed E-state index contributed by atoms with van der Waals surface area (Å²) < 4.78 is 0. The second-order valence-electron chi connectivity index (χ2n) is 15.4. The van der Waals surface area contributed by atoms with Gasteiger partial charge in [0.15, 0.2) is 5.78 Å². The largest absolute Gasteiger partial charge is 0.363 e. The molecule has 1 saturated carbocycles. The lowest BCUT2D eigenvalue weighted by molar-refractivity contribution is -0.145. The molecule has 5 N–H and O–H groups in total. The summed E-state index contributed by atoms with van der Waals surface area (Å²) in [5.41, 5.74) is 4.64. The minimum Gasteiger partial charge on any atom is -0.363 e. The van der Waals surface area contributed by atoms with Gasteiger partial charge in [-0.2, -0.15) is 0 Å². The van der Waals surface area contributed by atoms with Crippen LogP contribution in [-0.2, 0) is 19.2 Å². The smallest absolute Gasteiger partial charge is 0.316 e. The van der Waals surface area contributed by atoms with Crippen molar-refractivity contribution in [3.05, 3.63) is 29.8 Å². The third-order valence-corrected chi connectivity index (χ3v) is 9.95. The van der Waals surface area contributed by atoms with Crippen molar-refractivity contribution in [1.29, 1.82) is 0 Å². The summed E-state index contributed by atoms with van der Waals surface area (Å²) >= 11 is 1.56. The van der Waals surface area contributed by atoms with Gasteiger partial charge in [-0.3, -0.25) is 24.0 Å². The Bertz CT molecular complexity index is 1350. The average molecular weight is 672 g/mol. The lowest BCUT2D eigenvalue weighted by Crippen LogP contribution is -2.62. The van der Waals surface area contributed by atoms with Gasteiger partial charge in [0, 0.05) is 17.0 Å². The van der Waals surface area contributed by atoms with Crippen LogP contribution in [0.4, 0.5) is 4.79 Å². The van der Waals surface area contributed by atoms with Crippen LogP contribution in [0, 0.1) is 28.6 Å². The molecule has 47 heavy (non-hydrogen) atoms. The van der Waals surface area contributed by atoms with Gasteiger partial charge in [-0.15, -0.1) is 11.8 Å². The predicted molar refractivity (Wildman–Crippen MR) is 183 cm³/mol. The summed E-state index contributed by atoms with van der Waals surface area (Å²) in [4.78, 5) is 82.2. The zero-order valence-corrected chi connectivity index (χ0v) is 30.1. The molecule has 0 aromatic heterocycles. The molecule has 5 amide bonds. The van der Waals surface area contributed by atoms with Gasteiger partial charge in [-0.25, -0.2) is 4.79 Å². The Hall–Kier alpha value is -3.41. The molecule has 3 rings (SSSR count). The third-order valence-electron chi connectivity index (χ3n) is 9.20. The maximum absolute atomic E-state index is 14.4. The van der Waals surface area contributed by atoms with Crippen LogP contribution >= 0.6 is 11.8 Å². The number of nitrogens with one attached hydrogen (secondary N) is 3. The predicted octanol–water partition coefficient (Wildman–Crippen LogP) is 3.93. The summed E-state index contributed by atoms with van der Waals surface area (Å²) in [6, 6.07) is 2.63. The normalized spacial score (nSPS) is 20.3. The van der Waals surface area contributed by atoms with Crippen LogP contribution in [0.3, 0.4) is 0 Å². The standard InChI is InChI=1S/C35H53N5O6S/c1-19(2)25(27(41)21-12-14-22(47-9)15-13-21)38-33(46)39-29(35(6,7)8)32(45)40-17-16-23(34(3,4)5)26(40)31(44)37-24(18-20-10-11-20)28(42)30(36)43/h12-15,19-20,23-26,29H,10-11,16-18H2,1-9H3,(H2,36,43)(H,37,44)(H2,38,39,46)/t23-,24?,25-,26-,29+/m0/s1. The number of carbonyl (C=O) groups excluding carboxylic acids is 6. The van der Waals surface area contributed by atoms with E-state index in [1.807, 2.05) is 73.8 Å².